The molecule has 19 heavy (non-hydrogen) atoms. The lowest BCUT2D eigenvalue weighted by molar-refractivity contribution is 0.287. The molecular weight excluding hydrogens is 240 g/mol. The van der Waals surface area contributed by atoms with E-state index in [1.165, 1.54) is 0 Å². The van der Waals surface area contributed by atoms with Gasteiger partial charge in [0, 0.05) is 12.6 Å². The third-order valence-electron chi connectivity index (χ3n) is 3.11. The average Bonchev–Trinajstić information content (AvgIpc) is 2.92. The van der Waals surface area contributed by atoms with Crippen LogP contribution in [-0.4, -0.2) is 14.8 Å². The number of benzene rings is 1. The second-order valence-corrected chi connectivity index (χ2v) is 4.36. The molecule has 0 bridgehead atoms. The van der Waals surface area contributed by atoms with Gasteiger partial charge in [-0.3, -0.25) is 0 Å². The van der Waals surface area contributed by atoms with Crippen LogP contribution in [0.2, 0.25) is 0 Å². The highest BCUT2D eigenvalue weighted by Gasteiger charge is 2.05. The van der Waals surface area contributed by atoms with Crippen molar-refractivity contribution in [1.29, 1.82) is 0 Å². The molecule has 2 aromatic rings. The van der Waals surface area contributed by atoms with Gasteiger partial charge < -0.3 is 10.5 Å². The number of aromatic nitrogens is 3. The summed E-state index contributed by atoms with van der Waals surface area (Å²) in [5, 5.41) is 4.10. The Morgan fingerprint density at radius 1 is 1.26 bits per heavy atom. The van der Waals surface area contributed by atoms with Crippen molar-refractivity contribution < 1.29 is 4.74 Å². The molecule has 0 fully saturated rings. The number of hydrogen-bond donors (Lipinski definition) is 1. The van der Waals surface area contributed by atoms with Crippen molar-refractivity contribution in [2.24, 2.45) is 5.73 Å². The lowest BCUT2D eigenvalue weighted by atomic mass is 10.1. The number of nitrogens with zero attached hydrogens (tertiary/aromatic N) is 3. The Balaban J connectivity index is 1.96. The predicted molar refractivity (Wildman–Crippen MR) is 73.7 cm³/mol. The zero-order chi connectivity index (χ0) is 13.7. The largest absolute Gasteiger partial charge is 0.486 e. The van der Waals surface area contributed by atoms with Crippen molar-refractivity contribution >= 4 is 0 Å². The van der Waals surface area contributed by atoms with Crippen LogP contribution in [0.3, 0.4) is 0 Å². The Morgan fingerprint density at radius 2 is 2.00 bits per heavy atom. The smallest absolute Gasteiger partial charge is 0.164 e. The van der Waals surface area contributed by atoms with Crippen molar-refractivity contribution in [3.05, 3.63) is 42.0 Å². The lowest BCUT2D eigenvalue weighted by Gasteiger charge is -2.10. The summed E-state index contributed by atoms with van der Waals surface area (Å²) in [5.41, 5.74) is 7.10. The maximum Gasteiger partial charge on any atom is 0.164 e. The summed E-state index contributed by atoms with van der Waals surface area (Å²) in [7, 11) is 0. The minimum atomic E-state index is 0.0947. The molecule has 0 aliphatic rings. The molecule has 0 saturated carbocycles. The van der Waals surface area contributed by atoms with Gasteiger partial charge in [-0.2, -0.15) is 5.10 Å². The number of nitrogens with two attached hydrogens (primary N) is 1. The van der Waals surface area contributed by atoms with Crippen LogP contribution in [0.4, 0.5) is 0 Å². The van der Waals surface area contributed by atoms with E-state index < -0.39 is 0 Å². The highest BCUT2D eigenvalue weighted by molar-refractivity contribution is 5.29. The highest BCUT2D eigenvalue weighted by atomic mass is 16.5. The molecule has 2 N–H and O–H groups in total. The van der Waals surface area contributed by atoms with Crippen LogP contribution in [-0.2, 0) is 13.2 Å². The summed E-state index contributed by atoms with van der Waals surface area (Å²) >= 11 is 0. The maximum absolute atomic E-state index is 5.97. The van der Waals surface area contributed by atoms with Gasteiger partial charge in [-0.15, -0.1) is 0 Å². The van der Waals surface area contributed by atoms with Crippen LogP contribution in [0.25, 0.3) is 0 Å². The van der Waals surface area contributed by atoms with Gasteiger partial charge in [0.15, 0.2) is 5.82 Å². The molecule has 1 aromatic heterocycles. The second-order valence-electron chi connectivity index (χ2n) is 4.36. The maximum atomic E-state index is 5.97. The van der Waals surface area contributed by atoms with Gasteiger partial charge in [-0.1, -0.05) is 19.1 Å². The molecule has 5 nitrogen and oxygen atoms in total. The van der Waals surface area contributed by atoms with E-state index in [-0.39, 0.29) is 6.04 Å². The van der Waals surface area contributed by atoms with Gasteiger partial charge in [-0.05, 0) is 31.0 Å². The Hall–Kier alpha value is -1.88. The molecule has 0 aliphatic carbocycles. The molecule has 5 heteroatoms. The van der Waals surface area contributed by atoms with Crippen LogP contribution < -0.4 is 10.5 Å². The van der Waals surface area contributed by atoms with Gasteiger partial charge in [-0.25, -0.2) is 9.67 Å². The van der Waals surface area contributed by atoms with Gasteiger partial charge in [0.05, 0.1) is 0 Å². The first-order valence-corrected chi connectivity index (χ1v) is 6.59. The molecule has 0 radical (unpaired) electrons. The summed E-state index contributed by atoms with van der Waals surface area (Å²) in [6.07, 6.45) is 2.48. The Kier molecular flexibility index (Phi) is 4.52. The van der Waals surface area contributed by atoms with E-state index in [0.717, 1.165) is 30.1 Å². The van der Waals surface area contributed by atoms with Gasteiger partial charge in [0.1, 0.15) is 18.7 Å². The molecule has 1 aromatic carbocycles. The average molecular weight is 260 g/mol. The van der Waals surface area contributed by atoms with Crippen LogP contribution in [0, 0.1) is 0 Å². The van der Waals surface area contributed by atoms with Crippen molar-refractivity contribution in [2.45, 2.75) is 39.5 Å². The predicted octanol–water partition coefficient (Wildman–Crippen LogP) is 2.29. The second kappa shape index (κ2) is 6.33. The molecule has 0 aliphatic heterocycles. The van der Waals surface area contributed by atoms with Crippen molar-refractivity contribution in [3.8, 4) is 5.75 Å². The topological polar surface area (TPSA) is 66.0 Å². The summed E-state index contributed by atoms with van der Waals surface area (Å²) in [4.78, 5) is 4.17. The summed E-state index contributed by atoms with van der Waals surface area (Å²) < 4.78 is 7.52. The first-order valence-electron chi connectivity index (χ1n) is 6.59. The summed E-state index contributed by atoms with van der Waals surface area (Å²) in [6, 6.07) is 7.99. The minimum Gasteiger partial charge on any atom is -0.486 e. The molecule has 2 rings (SSSR count). The Morgan fingerprint density at radius 3 is 2.63 bits per heavy atom. The Labute approximate surface area is 113 Å². The fourth-order valence-corrected chi connectivity index (χ4v) is 1.86. The van der Waals surface area contributed by atoms with Crippen LogP contribution in [0.15, 0.2) is 30.6 Å². The quantitative estimate of drug-likeness (QED) is 0.865. The van der Waals surface area contributed by atoms with E-state index in [1.807, 2.05) is 35.9 Å². The Bertz CT molecular complexity index is 506. The van der Waals surface area contributed by atoms with Crippen molar-refractivity contribution in [3.63, 3.8) is 0 Å². The third kappa shape index (κ3) is 3.32. The van der Waals surface area contributed by atoms with Crippen LogP contribution in [0.1, 0.15) is 37.7 Å². The zero-order valence-electron chi connectivity index (χ0n) is 11.4. The summed E-state index contributed by atoms with van der Waals surface area (Å²) in [5.74, 6) is 1.65. The first-order chi connectivity index (χ1) is 9.24. The molecular formula is C14H20N4O. The first kappa shape index (κ1) is 13.5. The number of ether oxygens (including phenoxy) is 1. The lowest BCUT2D eigenvalue weighted by Crippen LogP contribution is -2.09. The molecule has 0 amide bonds. The highest BCUT2D eigenvalue weighted by Crippen LogP contribution is 2.18. The van der Waals surface area contributed by atoms with Crippen molar-refractivity contribution in [2.75, 3.05) is 0 Å². The molecule has 0 saturated heterocycles. The van der Waals surface area contributed by atoms with E-state index in [1.54, 1.807) is 6.33 Å². The third-order valence-corrected chi connectivity index (χ3v) is 3.11. The standard InChI is InChI=1S/C14H20N4O/c1-3-13(15)11-5-7-12(8-6-11)19-9-14-16-10-17-18(14)4-2/h5-8,10,13H,3-4,9,15H2,1-2H3/t13-/m1/s1. The molecule has 0 unspecified atom stereocenters. The number of aryl methyl sites for hydroxylation is 1. The van der Waals surface area contributed by atoms with Gasteiger partial charge in [0.2, 0.25) is 0 Å². The van der Waals surface area contributed by atoms with Crippen LogP contribution >= 0.6 is 0 Å². The fourth-order valence-electron chi connectivity index (χ4n) is 1.86. The van der Waals surface area contributed by atoms with Crippen LogP contribution in [0.5, 0.6) is 5.75 Å². The van der Waals surface area contributed by atoms with Gasteiger partial charge in [0.25, 0.3) is 0 Å². The number of rotatable bonds is 6. The zero-order valence-corrected chi connectivity index (χ0v) is 11.4. The summed E-state index contributed by atoms with van der Waals surface area (Å²) in [6.45, 7) is 5.32. The van der Waals surface area contributed by atoms with E-state index in [2.05, 4.69) is 17.0 Å². The molecule has 1 atom stereocenters. The SMILES string of the molecule is CC[C@@H](N)c1ccc(OCc2ncnn2CC)cc1. The van der Waals surface area contributed by atoms with E-state index in [0.29, 0.717) is 6.61 Å². The minimum absolute atomic E-state index is 0.0947. The molecule has 102 valence electrons. The number of hydrogen-bond acceptors (Lipinski definition) is 4. The fraction of sp³-hybridized carbons (Fsp3) is 0.429. The van der Waals surface area contributed by atoms with Crippen molar-refractivity contribution in [1.82, 2.24) is 14.8 Å². The van der Waals surface area contributed by atoms with E-state index in [9.17, 15) is 0 Å². The van der Waals surface area contributed by atoms with E-state index in [4.69, 9.17) is 10.5 Å². The van der Waals surface area contributed by atoms with E-state index >= 15 is 0 Å². The normalized spacial score (nSPS) is 12.4. The monoisotopic (exact) mass is 260 g/mol. The van der Waals surface area contributed by atoms with Gasteiger partial charge >= 0.3 is 0 Å². The molecule has 1 heterocycles. The molecule has 0 spiro atoms.